The van der Waals surface area contributed by atoms with Crippen molar-refractivity contribution in [2.45, 2.75) is 33.2 Å². The van der Waals surface area contributed by atoms with Crippen molar-refractivity contribution in [1.82, 2.24) is 0 Å². The second-order valence-corrected chi connectivity index (χ2v) is 2.76. The van der Waals surface area contributed by atoms with Crippen LogP contribution in [0.5, 0.6) is 0 Å². The third-order valence-corrected chi connectivity index (χ3v) is 1.40. The SMILES string of the molecule is CCC(=NC(C)C)/C(=C\N)OC. The maximum Gasteiger partial charge on any atom is 0.155 e. The van der Waals surface area contributed by atoms with E-state index in [1.807, 2.05) is 20.8 Å². The Hall–Kier alpha value is -0.990. The Kier molecular flexibility index (Phi) is 5.17. The van der Waals surface area contributed by atoms with Gasteiger partial charge in [-0.25, -0.2) is 0 Å². The van der Waals surface area contributed by atoms with Crippen LogP contribution in [0.4, 0.5) is 0 Å². The summed E-state index contributed by atoms with van der Waals surface area (Å²) in [7, 11) is 1.60. The molecule has 0 atom stereocenters. The molecule has 0 rings (SSSR count). The lowest BCUT2D eigenvalue weighted by Crippen LogP contribution is -2.08. The van der Waals surface area contributed by atoms with E-state index >= 15 is 0 Å². The van der Waals surface area contributed by atoms with Gasteiger partial charge in [0, 0.05) is 12.2 Å². The normalized spacial score (nSPS) is 13.8. The van der Waals surface area contributed by atoms with Crippen LogP contribution in [0.1, 0.15) is 27.2 Å². The molecule has 3 heteroatoms. The molecule has 0 radical (unpaired) electrons. The lowest BCUT2D eigenvalue weighted by molar-refractivity contribution is 0.312. The molecule has 70 valence electrons. The lowest BCUT2D eigenvalue weighted by atomic mass is 10.2. The van der Waals surface area contributed by atoms with E-state index in [1.165, 1.54) is 6.20 Å². The average Bonchev–Trinajstić information content (AvgIpc) is 2.04. The van der Waals surface area contributed by atoms with Crippen LogP contribution in [0.3, 0.4) is 0 Å². The monoisotopic (exact) mass is 170 g/mol. The van der Waals surface area contributed by atoms with Crippen LogP contribution in [0.15, 0.2) is 17.0 Å². The molecular weight excluding hydrogens is 152 g/mol. The fourth-order valence-electron chi connectivity index (χ4n) is 0.923. The number of methoxy groups -OCH3 is 1. The van der Waals surface area contributed by atoms with Gasteiger partial charge in [0.15, 0.2) is 5.76 Å². The minimum absolute atomic E-state index is 0.282. The van der Waals surface area contributed by atoms with E-state index < -0.39 is 0 Å². The molecule has 0 spiro atoms. The molecule has 0 saturated carbocycles. The number of hydrogen-bond donors (Lipinski definition) is 1. The number of rotatable bonds is 4. The average molecular weight is 170 g/mol. The van der Waals surface area contributed by atoms with E-state index in [-0.39, 0.29) is 6.04 Å². The van der Waals surface area contributed by atoms with Gasteiger partial charge in [-0.1, -0.05) is 6.92 Å². The summed E-state index contributed by atoms with van der Waals surface area (Å²) in [5.74, 6) is 0.672. The second-order valence-electron chi connectivity index (χ2n) is 2.76. The van der Waals surface area contributed by atoms with Crippen LogP contribution < -0.4 is 5.73 Å². The summed E-state index contributed by atoms with van der Waals surface area (Å²) >= 11 is 0. The first-order chi connectivity index (χ1) is 5.65. The molecule has 0 saturated heterocycles. The van der Waals surface area contributed by atoms with Crippen LogP contribution in [-0.4, -0.2) is 18.9 Å². The number of allylic oxidation sites excluding steroid dienone is 1. The minimum Gasteiger partial charge on any atom is -0.493 e. The van der Waals surface area contributed by atoms with Crippen molar-refractivity contribution in [3.8, 4) is 0 Å². The van der Waals surface area contributed by atoms with Crippen molar-refractivity contribution in [1.29, 1.82) is 0 Å². The van der Waals surface area contributed by atoms with Gasteiger partial charge in [0.25, 0.3) is 0 Å². The molecule has 2 N–H and O–H groups in total. The van der Waals surface area contributed by atoms with Crippen LogP contribution in [-0.2, 0) is 4.74 Å². The first-order valence-electron chi connectivity index (χ1n) is 4.18. The fourth-order valence-corrected chi connectivity index (χ4v) is 0.923. The quantitative estimate of drug-likeness (QED) is 0.515. The molecule has 0 unspecified atom stereocenters. The standard InChI is InChI=1S/C9H18N2O/c1-5-8(11-7(2)3)9(6-10)12-4/h6-7H,5,10H2,1-4H3/b9-6+,11-8?. The second kappa shape index (κ2) is 5.63. The molecule has 0 aromatic rings. The van der Waals surface area contributed by atoms with Gasteiger partial charge in [0.2, 0.25) is 0 Å². The summed E-state index contributed by atoms with van der Waals surface area (Å²) in [6.45, 7) is 6.09. The van der Waals surface area contributed by atoms with Crippen molar-refractivity contribution in [3.05, 3.63) is 12.0 Å². The number of aliphatic imine (C=N–C) groups is 1. The number of nitrogens with two attached hydrogens (primary N) is 1. The van der Waals surface area contributed by atoms with Gasteiger partial charge in [-0.05, 0) is 20.3 Å². The highest BCUT2D eigenvalue weighted by Crippen LogP contribution is 2.03. The zero-order chi connectivity index (χ0) is 9.56. The molecule has 3 nitrogen and oxygen atoms in total. The van der Waals surface area contributed by atoms with Crippen molar-refractivity contribution in [3.63, 3.8) is 0 Å². The van der Waals surface area contributed by atoms with Gasteiger partial charge in [-0.2, -0.15) is 0 Å². The molecule has 0 aliphatic carbocycles. The molecule has 0 aliphatic heterocycles. The molecule has 0 amide bonds. The Balaban J connectivity index is 4.53. The predicted molar refractivity (Wildman–Crippen MR) is 52.1 cm³/mol. The van der Waals surface area contributed by atoms with E-state index in [1.54, 1.807) is 7.11 Å². The van der Waals surface area contributed by atoms with Crippen LogP contribution in [0, 0.1) is 0 Å². The predicted octanol–water partition coefficient (Wildman–Crippen LogP) is 1.69. The first kappa shape index (κ1) is 11.0. The van der Waals surface area contributed by atoms with Gasteiger partial charge in [0.05, 0.1) is 12.8 Å². The summed E-state index contributed by atoms with van der Waals surface area (Å²) in [5.41, 5.74) is 6.29. The van der Waals surface area contributed by atoms with Crippen LogP contribution in [0.2, 0.25) is 0 Å². The van der Waals surface area contributed by atoms with E-state index in [2.05, 4.69) is 4.99 Å². The molecule has 0 aliphatic rings. The highest BCUT2D eigenvalue weighted by molar-refractivity contribution is 5.98. The summed E-state index contributed by atoms with van der Waals surface area (Å²) in [6.07, 6.45) is 2.29. The molecule has 0 aromatic heterocycles. The Morgan fingerprint density at radius 1 is 1.58 bits per heavy atom. The van der Waals surface area contributed by atoms with E-state index in [0.29, 0.717) is 5.76 Å². The Bertz CT molecular complexity index is 183. The fraction of sp³-hybridized carbons (Fsp3) is 0.667. The molecular formula is C9H18N2O. The van der Waals surface area contributed by atoms with Crippen molar-refractivity contribution >= 4 is 5.71 Å². The highest BCUT2D eigenvalue weighted by atomic mass is 16.5. The summed E-state index contributed by atoms with van der Waals surface area (Å²) in [4.78, 5) is 4.38. The van der Waals surface area contributed by atoms with Gasteiger partial charge in [0.1, 0.15) is 0 Å². The maximum atomic E-state index is 5.37. The number of ether oxygens (including phenoxy) is 1. The third kappa shape index (κ3) is 3.42. The summed E-state index contributed by atoms with van der Waals surface area (Å²) in [5, 5.41) is 0. The summed E-state index contributed by atoms with van der Waals surface area (Å²) < 4.78 is 5.06. The van der Waals surface area contributed by atoms with Crippen LogP contribution >= 0.6 is 0 Å². The van der Waals surface area contributed by atoms with Gasteiger partial charge >= 0.3 is 0 Å². The molecule has 0 heterocycles. The van der Waals surface area contributed by atoms with Crippen molar-refractivity contribution < 1.29 is 4.74 Å². The van der Waals surface area contributed by atoms with Crippen molar-refractivity contribution in [2.24, 2.45) is 10.7 Å². The lowest BCUT2D eigenvalue weighted by Gasteiger charge is -2.08. The van der Waals surface area contributed by atoms with Crippen LogP contribution in [0.25, 0.3) is 0 Å². The van der Waals surface area contributed by atoms with Gasteiger partial charge in [-0.3, -0.25) is 4.99 Å². The first-order valence-corrected chi connectivity index (χ1v) is 4.18. The van der Waals surface area contributed by atoms with E-state index in [0.717, 1.165) is 12.1 Å². The zero-order valence-corrected chi connectivity index (χ0v) is 8.29. The zero-order valence-electron chi connectivity index (χ0n) is 8.29. The van der Waals surface area contributed by atoms with Crippen molar-refractivity contribution in [2.75, 3.05) is 7.11 Å². The van der Waals surface area contributed by atoms with E-state index in [4.69, 9.17) is 10.5 Å². The Labute approximate surface area is 74.3 Å². The third-order valence-electron chi connectivity index (χ3n) is 1.40. The molecule has 0 bridgehead atoms. The molecule has 12 heavy (non-hydrogen) atoms. The Morgan fingerprint density at radius 2 is 2.17 bits per heavy atom. The maximum absolute atomic E-state index is 5.37. The molecule has 0 fully saturated rings. The minimum atomic E-state index is 0.282. The largest absolute Gasteiger partial charge is 0.493 e. The molecule has 0 aromatic carbocycles. The highest BCUT2D eigenvalue weighted by Gasteiger charge is 2.04. The smallest absolute Gasteiger partial charge is 0.155 e. The van der Waals surface area contributed by atoms with Gasteiger partial charge in [-0.15, -0.1) is 0 Å². The van der Waals surface area contributed by atoms with E-state index in [9.17, 15) is 0 Å². The van der Waals surface area contributed by atoms with Gasteiger partial charge < -0.3 is 10.5 Å². The summed E-state index contributed by atoms with van der Waals surface area (Å²) in [6, 6.07) is 0.282. The number of nitrogens with zero attached hydrogens (tertiary/aromatic N) is 1. The topological polar surface area (TPSA) is 47.6 Å². The number of hydrogen-bond acceptors (Lipinski definition) is 3. The Morgan fingerprint density at radius 3 is 2.42 bits per heavy atom.